The van der Waals surface area contributed by atoms with Crippen LogP contribution in [-0.4, -0.2) is 35.7 Å². The summed E-state index contributed by atoms with van der Waals surface area (Å²) in [6.07, 6.45) is 6.39. The van der Waals surface area contributed by atoms with Crippen molar-refractivity contribution in [2.24, 2.45) is 0 Å². The van der Waals surface area contributed by atoms with Crippen LogP contribution in [0, 0.1) is 0 Å². The molecule has 1 heterocycles. The van der Waals surface area contributed by atoms with E-state index in [0.29, 0.717) is 6.54 Å². The van der Waals surface area contributed by atoms with Gasteiger partial charge in [0, 0.05) is 12.2 Å². The molecule has 1 N–H and O–H groups in total. The Balaban J connectivity index is 2.12. The van der Waals surface area contributed by atoms with Gasteiger partial charge in [0.05, 0.1) is 19.1 Å². The van der Waals surface area contributed by atoms with E-state index in [-0.39, 0.29) is 12.0 Å². The van der Waals surface area contributed by atoms with Gasteiger partial charge in [-0.3, -0.25) is 4.79 Å². The van der Waals surface area contributed by atoms with E-state index in [1.807, 2.05) is 6.33 Å². The monoisotopic (exact) mass is 237 g/mol. The van der Waals surface area contributed by atoms with Crippen molar-refractivity contribution in [2.75, 3.05) is 14.2 Å². The van der Waals surface area contributed by atoms with Gasteiger partial charge in [-0.1, -0.05) is 0 Å². The topological polar surface area (TPSA) is 56.2 Å². The minimum atomic E-state index is -0.305. The molecule has 94 valence electrons. The van der Waals surface area contributed by atoms with Gasteiger partial charge in [0.1, 0.15) is 6.04 Å². The molecule has 5 heteroatoms. The minimum absolute atomic E-state index is 0.231. The van der Waals surface area contributed by atoms with Gasteiger partial charge in [0.15, 0.2) is 0 Å². The van der Waals surface area contributed by atoms with Crippen LogP contribution < -0.4 is 5.32 Å². The van der Waals surface area contributed by atoms with Gasteiger partial charge in [-0.2, -0.15) is 0 Å². The van der Waals surface area contributed by atoms with Gasteiger partial charge in [0.2, 0.25) is 0 Å². The molecule has 0 saturated carbocycles. The van der Waals surface area contributed by atoms with E-state index in [4.69, 9.17) is 4.74 Å². The van der Waals surface area contributed by atoms with Crippen molar-refractivity contribution in [3.8, 4) is 0 Å². The van der Waals surface area contributed by atoms with Crippen molar-refractivity contribution in [1.82, 2.24) is 14.9 Å². The second-order valence-corrected chi connectivity index (χ2v) is 4.36. The summed E-state index contributed by atoms with van der Waals surface area (Å²) in [5.74, 6) is -0.231. The molecule has 0 bridgehead atoms. The molecule has 0 amide bonds. The highest BCUT2D eigenvalue weighted by atomic mass is 16.5. The number of carbonyl (C=O) groups excluding carboxylic acids is 1. The lowest BCUT2D eigenvalue weighted by Gasteiger charge is -2.18. The number of imidazole rings is 1. The number of ether oxygens (including phenoxy) is 1. The maximum absolute atomic E-state index is 11.5. The Bertz CT molecular complexity index is 400. The van der Waals surface area contributed by atoms with Crippen molar-refractivity contribution >= 4 is 5.97 Å². The molecule has 1 aromatic rings. The maximum atomic E-state index is 11.5. The molecule has 5 nitrogen and oxygen atoms in total. The van der Waals surface area contributed by atoms with Crippen molar-refractivity contribution in [2.45, 2.75) is 38.3 Å². The predicted molar refractivity (Wildman–Crippen MR) is 63.7 cm³/mol. The molecule has 1 unspecified atom stereocenters. The molecule has 1 aliphatic rings. The summed E-state index contributed by atoms with van der Waals surface area (Å²) < 4.78 is 6.84. The van der Waals surface area contributed by atoms with Crippen LogP contribution in [-0.2, 0) is 28.9 Å². The van der Waals surface area contributed by atoms with E-state index in [1.165, 1.54) is 31.3 Å². The number of likely N-dealkylation sites (N-methyl/N-ethyl adjacent to an activating group) is 1. The summed E-state index contributed by atoms with van der Waals surface area (Å²) in [6.45, 7) is 0.589. The Labute approximate surface area is 101 Å². The molecular weight excluding hydrogens is 218 g/mol. The van der Waals surface area contributed by atoms with Crippen LogP contribution >= 0.6 is 0 Å². The first kappa shape index (κ1) is 12.1. The number of methoxy groups -OCH3 is 1. The molecule has 0 saturated heterocycles. The summed E-state index contributed by atoms with van der Waals surface area (Å²) in [5, 5.41) is 2.97. The summed E-state index contributed by atoms with van der Waals surface area (Å²) in [5.41, 5.74) is 2.47. The molecule has 17 heavy (non-hydrogen) atoms. The summed E-state index contributed by atoms with van der Waals surface area (Å²) in [7, 11) is 3.18. The van der Waals surface area contributed by atoms with Crippen molar-refractivity contribution in [1.29, 1.82) is 0 Å². The van der Waals surface area contributed by atoms with Gasteiger partial charge in [-0.25, -0.2) is 4.98 Å². The lowest BCUT2D eigenvalue weighted by atomic mass is 10.0. The molecule has 0 spiro atoms. The lowest BCUT2D eigenvalue weighted by molar-refractivity contribution is -0.143. The first-order chi connectivity index (χ1) is 8.26. The van der Waals surface area contributed by atoms with E-state index in [9.17, 15) is 4.79 Å². The van der Waals surface area contributed by atoms with Crippen LogP contribution in [0.15, 0.2) is 6.33 Å². The van der Waals surface area contributed by atoms with E-state index in [0.717, 1.165) is 12.8 Å². The van der Waals surface area contributed by atoms with Gasteiger partial charge in [-0.05, 0) is 32.7 Å². The highest BCUT2D eigenvalue weighted by Crippen LogP contribution is 2.20. The number of hydrogen-bond donors (Lipinski definition) is 1. The second kappa shape index (κ2) is 5.31. The normalized spacial score (nSPS) is 16.4. The average Bonchev–Trinajstić information content (AvgIpc) is 2.78. The third kappa shape index (κ3) is 2.49. The average molecular weight is 237 g/mol. The van der Waals surface area contributed by atoms with Crippen molar-refractivity contribution in [3.63, 3.8) is 0 Å². The van der Waals surface area contributed by atoms with Crippen LogP contribution in [0.1, 0.15) is 24.2 Å². The molecule has 1 aliphatic carbocycles. The van der Waals surface area contributed by atoms with E-state index in [2.05, 4.69) is 14.9 Å². The highest BCUT2D eigenvalue weighted by molar-refractivity contribution is 5.75. The van der Waals surface area contributed by atoms with Crippen LogP contribution in [0.25, 0.3) is 0 Å². The number of aromatic nitrogens is 2. The number of rotatable bonds is 4. The van der Waals surface area contributed by atoms with Gasteiger partial charge < -0.3 is 14.6 Å². The van der Waals surface area contributed by atoms with Crippen molar-refractivity contribution in [3.05, 3.63) is 17.7 Å². The fourth-order valence-corrected chi connectivity index (χ4v) is 2.31. The van der Waals surface area contributed by atoms with Crippen LogP contribution in [0.5, 0.6) is 0 Å². The van der Waals surface area contributed by atoms with Gasteiger partial charge >= 0.3 is 5.97 Å². The van der Waals surface area contributed by atoms with Crippen molar-refractivity contribution < 1.29 is 9.53 Å². The highest BCUT2D eigenvalue weighted by Gasteiger charge is 2.21. The maximum Gasteiger partial charge on any atom is 0.324 e. The standard InChI is InChI=1S/C12H19N3O2/c1-13-10(12(16)17-2)7-15-8-14-9-5-3-4-6-11(9)15/h8,10,13H,3-7H2,1-2H3. The minimum Gasteiger partial charge on any atom is -0.468 e. The fraction of sp³-hybridized carbons (Fsp3) is 0.667. The Morgan fingerprint density at radius 1 is 1.59 bits per heavy atom. The quantitative estimate of drug-likeness (QED) is 0.776. The molecule has 0 aromatic carbocycles. The van der Waals surface area contributed by atoms with E-state index < -0.39 is 0 Å². The number of fused-ring (bicyclic) bond motifs is 1. The first-order valence-electron chi connectivity index (χ1n) is 6.04. The SMILES string of the molecule is CNC(Cn1cnc2c1CCCC2)C(=O)OC. The number of carbonyl (C=O) groups is 1. The molecule has 1 aromatic heterocycles. The summed E-state index contributed by atoms with van der Waals surface area (Å²) in [6, 6.07) is -0.305. The molecule has 2 rings (SSSR count). The molecule has 1 atom stereocenters. The lowest BCUT2D eigenvalue weighted by Crippen LogP contribution is -2.39. The fourth-order valence-electron chi connectivity index (χ4n) is 2.31. The first-order valence-corrected chi connectivity index (χ1v) is 6.04. The number of esters is 1. The number of nitrogens with one attached hydrogen (secondary N) is 1. The molecule has 0 aliphatic heterocycles. The number of hydrogen-bond acceptors (Lipinski definition) is 4. The smallest absolute Gasteiger partial charge is 0.324 e. The third-order valence-corrected chi connectivity index (χ3v) is 3.32. The summed E-state index contributed by atoms with van der Waals surface area (Å²) >= 11 is 0. The molecule has 0 radical (unpaired) electrons. The van der Waals surface area contributed by atoms with E-state index >= 15 is 0 Å². The third-order valence-electron chi connectivity index (χ3n) is 3.32. The Hall–Kier alpha value is -1.36. The second-order valence-electron chi connectivity index (χ2n) is 4.36. The number of nitrogens with zero attached hydrogens (tertiary/aromatic N) is 2. The zero-order valence-corrected chi connectivity index (χ0v) is 10.4. The molecule has 0 fully saturated rings. The predicted octanol–water partition coefficient (Wildman–Crippen LogP) is 0.523. The van der Waals surface area contributed by atoms with Crippen LogP contribution in [0.3, 0.4) is 0 Å². The van der Waals surface area contributed by atoms with E-state index in [1.54, 1.807) is 7.05 Å². The Morgan fingerprint density at radius 3 is 3.06 bits per heavy atom. The number of aryl methyl sites for hydroxylation is 1. The van der Waals surface area contributed by atoms with Gasteiger partial charge in [0.25, 0.3) is 0 Å². The summed E-state index contributed by atoms with van der Waals surface area (Å²) in [4.78, 5) is 15.9. The zero-order valence-electron chi connectivity index (χ0n) is 10.4. The Morgan fingerprint density at radius 2 is 2.35 bits per heavy atom. The zero-order chi connectivity index (χ0) is 12.3. The largest absolute Gasteiger partial charge is 0.468 e. The molecular formula is C12H19N3O2. The Kier molecular flexibility index (Phi) is 3.78. The van der Waals surface area contributed by atoms with Gasteiger partial charge in [-0.15, -0.1) is 0 Å². The van der Waals surface area contributed by atoms with Crippen LogP contribution in [0.4, 0.5) is 0 Å². The van der Waals surface area contributed by atoms with Crippen LogP contribution in [0.2, 0.25) is 0 Å².